The lowest BCUT2D eigenvalue weighted by Gasteiger charge is -2.29. The van der Waals surface area contributed by atoms with Crippen LogP contribution in [-0.2, 0) is 14.4 Å². The lowest BCUT2D eigenvalue weighted by Crippen LogP contribution is -2.41. The Kier molecular flexibility index (Phi) is 8.56. The van der Waals surface area contributed by atoms with E-state index in [9.17, 15) is 28.1 Å². The predicted molar refractivity (Wildman–Crippen MR) is 108 cm³/mol. The first-order chi connectivity index (χ1) is 14.0. The first-order valence-electron chi connectivity index (χ1n) is 8.46. The maximum atomic E-state index is 13.5. The molecular weight excluding hydrogens is 471 g/mol. The van der Waals surface area contributed by atoms with Crippen LogP contribution in [0.2, 0.25) is 5.02 Å². The van der Waals surface area contributed by atoms with Gasteiger partial charge in [0.05, 0.1) is 5.57 Å². The van der Waals surface area contributed by atoms with Gasteiger partial charge >= 0.3 is 12.1 Å². The molecule has 30 heavy (non-hydrogen) atoms. The molecule has 0 saturated heterocycles. The summed E-state index contributed by atoms with van der Waals surface area (Å²) in [6.45, 7) is 3.04. The van der Waals surface area contributed by atoms with E-state index in [0.29, 0.717) is 27.5 Å². The van der Waals surface area contributed by atoms with Gasteiger partial charge in [0.1, 0.15) is 19.0 Å². The molecule has 0 aromatic heterocycles. The molecule has 1 aromatic carbocycles. The maximum absolute atomic E-state index is 13.5. The summed E-state index contributed by atoms with van der Waals surface area (Å²) in [6.07, 6.45) is -6.15. The molecule has 1 heterocycles. The molecule has 2 rings (SSSR count). The van der Waals surface area contributed by atoms with E-state index in [1.165, 1.54) is 27.7 Å². The van der Waals surface area contributed by atoms with E-state index in [4.69, 9.17) is 21.1 Å². The molecule has 1 aliphatic heterocycles. The van der Waals surface area contributed by atoms with Crippen molar-refractivity contribution in [3.05, 3.63) is 43.5 Å². The molecule has 0 unspecified atom stereocenters. The van der Waals surface area contributed by atoms with Crippen molar-refractivity contribution in [2.75, 3.05) is 24.7 Å². The van der Waals surface area contributed by atoms with Gasteiger partial charge in [-0.15, -0.1) is 10.1 Å². The van der Waals surface area contributed by atoms with Crippen molar-refractivity contribution in [3.63, 3.8) is 0 Å². The number of halogens is 4. The topological polar surface area (TPSA) is 87.9 Å². The molecule has 0 saturated carbocycles. The SMILES string of the molecule is Cc1cc2c(c(C)c1Cl)C=C(C(=O)OCCSSCCO[N+](=O)[O-])[C@@H](C(F)(F)F)O2. The van der Waals surface area contributed by atoms with Crippen molar-refractivity contribution in [3.8, 4) is 5.75 Å². The van der Waals surface area contributed by atoms with Crippen molar-refractivity contribution in [2.45, 2.75) is 26.1 Å². The van der Waals surface area contributed by atoms with Crippen LogP contribution in [0.25, 0.3) is 6.08 Å². The molecule has 0 spiro atoms. The standard InChI is InChI=1S/C17H17ClF3NO6S2/c1-9-7-13-11(10(2)14(9)18)8-12(15(28-13)17(19,20)21)16(23)26-3-5-29-30-6-4-27-22(24)25/h7-8,15H,3-6H2,1-2H3/t15-/m0/s1. The second kappa shape index (κ2) is 10.5. The average Bonchev–Trinajstić information content (AvgIpc) is 2.66. The Morgan fingerprint density at radius 1 is 1.30 bits per heavy atom. The summed E-state index contributed by atoms with van der Waals surface area (Å²) in [5.41, 5.74) is 0.705. The zero-order valence-electron chi connectivity index (χ0n) is 15.8. The van der Waals surface area contributed by atoms with Gasteiger partial charge in [-0.1, -0.05) is 33.2 Å². The molecule has 1 aliphatic rings. The zero-order chi connectivity index (χ0) is 22.5. The Bertz CT molecular complexity index is 850. The van der Waals surface area contributed by atoms with Crippen molar-refractivity contribution < 1.29 is 37.4 Å². The van der Waals surface area contributed by atoms with Crippen LogP contribution in [0, 0.1) is 24.0 Å². The van der Waals surface area contributed by atoms with Crippen molar-refractivity contribution in [1.82, 2.24) is 0 Å². The zero-order valence-corrected chi connectivity index (χ0v) is 18.2. The highest BCUT2D eigenvalue weighted by molar-refractivity contribution is 8.76. The van der Waals surface area contributed by atoms with Crippen LogP contribution in [0.3, 0.4) is 0 Å². The molecule has 13 heteroatoms. The van der Waals surface area contributed by atoms with Gasteiger partial charge in [-0.3, -0.25) is 0 Å². The lowest BCUT2D eigenvalue weighted by molar-refractivity contribution is -0.756. The highest BCUT2D eigenvalue weighted by Gasteiger charge is 2.49. The minimum Gasteiger partial charge on any atom is -0.475 e. The molecule has 0 N–H and O–H groups in total. The van der Waals surface area contributed by atoms with Gasteiger partial charge in [-0.05, 0) is 37.1 Å². The van der Waals surface area contributed by atoms with Crippen molar-refractivity contribution in [1.29, 1.82) is 0 Å². The summed E-state index contributed by atoms with van der Waals surface area (Å²) < 4.78 is 50.5. The molecule has 1 atom stereocenters. The summed E-state index contributed by atoms with van der Waals surface area (Å²) in [7, 11) is 2.49. The first kappa shape index (κ1) is 24.5. The Balaban J connectivity index is 2.03. The fourth-order valence-electron chi connectivity index (χ4n) is 2.56. The molecular formula is C17H17ClF3NO6S2. The summed E-state index contributed by atoms with van der Waals surface area (Å²) in [6, 6.07) is 1.40. The predicted octanol–water partition coefficient (Wildman–Crippen LogP) is 4.80. The Morgan fingerprint density at radius 2 is 1.93 bits per heavy atom. The molecule has 0 amide bonds. The molecule has 1 aromatic rings. The number of fused-ring (bicyclic) bond motifs is 1. The third kappa shape index (κ3) is 6.35. The number of nitrogens with zero attached hydrogens (tertiary/aromatic N) is 1. The van der Waals surface area contributed by atoms with Gasteiger partial charge in [0.25, 0.3) is 5.09 Å². The Labute approximate surface area is 182 Å². The second-order valence-electron chi connectivity index (χ2n) is 6.02. The fourth-order valence-corrected chi connectivity index (χ4v) is 4.36. The summed E-state index contributed by atoms with van der Waals surface area (Å²) in [5.74, 6) is -0.538. The van der Waals surface area contributed by atoms with E-state index in [1.807, 2.05) is 0 Å². The van der Waals surface area contributed by atoms with E-state index >= 15 is 0 Å². The highest BCUT2D eigenvalue weighted by atomic mass is 35.5. The van der Waals surface area contributed by atoms with Crippen LogP contribution in [0.5, 0.6) is 5.75 Å². The summed E-state index contributed by atoms with van der Waals surface area (Å²) in [4.78, 5) is 26.4. The van der Waals surface area contributed by atoms with E-state index in [1.54, 1.807) is 13.8 Å². The van der Waals surface area contributed by atoms with Crippen molar-refractivity contribution in [2.24, 2.45) is 0 Å². The second-order valence-corrected chi connectivity index (χ2v) is 9.10. The van der Waals surface area contributed by atoms with E-state index < -0.39 is 28.9 Å². The number of aryl methyl sites for hydroxylation is 1. The largest absolute Gasteiger partial charge is 0.475 e. The first-order valence-corrected chi connectivity index (χ1v) is 11.3. The van der Waals surface area contributed by atoms with Crippen LogP contribution in [0.15, 0.2) is 11.6 Å². The third-order valence-electron chi connectivity index (χ3n) is 3.90. The summed E-state index contributed by atoms with van der Waals surface area (Å²) >= 11 is 6.17. The minimum absolute atomic E-state index is 0.00262. The number of rotatable bonds is 9. The number of alkyl halides is 3. The molecule has 0 bridgehead atoms. The van der Waals surface area contributed by atoms with Gasteiger partial charge in [0.15, 0.2) is 0 Å². The van der Waals surface area contributed by atoms with Crippen molar-refractivity contribution >= 4 is 45.2 Å². The minimum atomic E-state index is -4.81. The molecule has 166 valence electrons. The third-order valence-corrected chi connectivity index (χ3v) is 6.81. The Morgan fingerprint density at radius 3 is 2.53 bits per heavy atom. The van der Waals surface area contributed by atoms with Gasteiger partial charge in [0.2, 0.25) is 6.10 Å². The number of hydrogen-bond donors (Lipinski definition) is 0. The maximum Gasteiger partial charge on any atom is 0.430 e. The van der Waals surface area contributed by atoms with Crippen LogP contribution in [-0.4, -0.2) is 48.1 Å². The highest BCUT2D eigenvalue weighted by Crippen LogP contribution is 2.41. The molecule has 0 radical (unpaired) electrons. The van der Waals surface area contributed by atoms with E-state index in [2.05, 4.69) is 4.84 Å². The van der Waals surface area contributed by atoms with Crippen LogP contribution < -0.4 is 4.74 Å². The van der Waals surface area contributed by atoms with Gasteiger partial charge in [-0.2, -0.15) is 13.2 Å². The smallest absolute Gasteiger partial charge is 0.430 e. The van der Waals surface area contributed by atoms with Gasteiger partial charge < -0.3 is 14.3 Å². The summed E-state index contributed by atoms with van der Waals surface area (Å²) in [5, 5.41) is 9.47. The molecule has 0 fully saturated rings. The molecule has 0 aliphatic carbocycles. The molecule has 7 nitrogen and oxygen atoms in total. The number of carbonyl (C=O) groups excluding carboxylic acids is 1. The number of esters is 1. The van der Waals surface area contributed by atoms with Crippen LogP contribution >= 0.6 is 33.2 Å². The quantitative estimate of drug-likeness (QED) is 0.161. The Hall–Kier alpha value is -1.79. The van der Waals surface area contributed by atoms with E-state index in [0.717, 1.165) is 6.08 Å². The monoisotopic (exact) mass is 487 g/mol. The van der Waals surface area contributed by atoms with Gasteiger partial charge in [-0.25, -0.2) is 4.79 Å². The van der Waals surface area contributed by atoms with Gasteiger partial charge in [0, 0.05) is 22.1 Å². The van der Waals surface area contributed by atoms with Crippen LogP contribution in [0.1, 0.15) is 16.7 Å². The number of benzene rings is 1. The number of ether oxygens (including phenoxy) is 2. The lowest BCUT2D eigenvalue weighted by atomic mass is 9.96. The number of carbonyl (C=O) groups is 1. The fraction of sp³-hybridized carbons (Fsp3) is 0.471. The number of hydrogen-bond acceptors (Lipinski definition) is 8. The normalized spacial score (nSPS) is 15.7. The van der Waals surface area contributed by atoms with Crippen LogP contribution in [0.4, 0.5) is 13.2 Å². The average molecular weight is 488 g/mol. The van der Waals surface area contributed by atoms with E-state index in [-0.39, 0.29) is 24.7 Å².